The van der Waals surface area contributed by atoms with Crippen LogP contribution >= 0.6 is 0 Å². The predicted octanol–water partition coefficient (Wildman–Crippen LogP) is 1.74. The minimum absolute atomic E-state index is 0.125. The molecular formula is C9H17FO3. The van der Waals surface area contributed by atoms with E-state index < -0.39 is 17.7 Å². The minimum atomic E-state index is -2.18. The van der Waals surface area contributed by atoms with Crippen LogP contribution < -0.4 is 0 Å². The van der Waals surface area contributed by atoms with E-state index in [9.17, 15) is 14.3 Å². The first-order valence-corrected chi connectivity index (χ1v) is 4.57. The Morgan fingerprint density at radius 3 is 2.38 bits per heavy atom. The van der Waals surface area contributed by atoms with Crippen LogP contribution in [0.5, 0.6) is 0 Å². The van der Waals surface area contributed by atoms with Gasteiger partial charge >= 0.3 is 5.97 Å². The Morgan fingerprint density at radius 2 is 2.08 bits per heavy atom. The maximum absolute atomic E-state index is 13.0. The molecule has 2 unspecified atom stereocenters. The number of aliphatic hydroxyl groups is 1. The van der Waals surface area contributed by atoms with Crippen LogP contribution in [-0.2, 0) is 4.79 Å². The second-order valence-corrected chi connectivity index (χ2v) is 3.26. The standard InChI is InChI=1S/C9H17FO3/c1-3-5-6-9(13,4-2)7(10)8(11)12/h7,13H,3-6H2,1-2H3,(H,11,12). The number of halogens is 1. The molecule has 0 saturated carbocycles. The molecule has 0 bridgehead atoms. The summed E-state index contributed by atoms with van der Waals surface area (Å²) in [5, 5.41) is 18.0. The average molecular weight is 192 g/mol. The van der Waals surface area contributed by atoms with Gasteiger partial charge in [-0.1, -0.05) is 26.7 Å². The molecule has 0 saturated heterocycles. The van der Waals surface area contributed by atoms with Gasteiger partial charge in [-0.25, -0.2) is 9.18 Å². The van der Waals surface area contributed by atoms with Crippen molar-refractivity contribution in [3.8, 4) is 0 Å². The maximum Gasteiger partial charge on any atom is 0.341 e. The first-order chi connectivity index (χ1) is 5.98. The number of carboxylic acids is 1. The lowest BCUT2D eigenvalue weighted by atomic mass is 9.89. The molecule has 0 aromatic rings. The summed E-state index contributed by atoms with van der Waals surface area (Å²) >= 11 is 0. The van der Waals surface area contributed by atoms with Crippen LogP contribution in [0.1, 0.15) is 39.5 Å². The van der Waals surface area contributed by atoms with Gasteiger partial charge in [0, 0.05) is 0 Å². The molecule has 13 heavy (non-hydrogen) atoms. The number of carbonyl (C=O) groups is 1. The summed E-state index contributed by atoms with van der Waals surface area (Å²) < 4.78 is 13.0. The zero-order valence-electron chi connectivity index (χ0n) is 8.09. The number of hydrogen-bond donors (Lipinski definition) is 2. The Morgan fingerprint density at radius 1 is 1.54 bits per heavy atom. The van der Waals surface area contributed by atoms with E-state index in [1.54, 1.807) is 6.92 Å². The average Bonchev–Trinajstić information content (AvgIpc) is 2.12. The number of carboxylic acid groups (broad SMARTS) is 1. The van der Waals surface area contributed by atoms with E-state index in [-0.39, 0.29) is 12.8 Å². The lowest BCUT2D eigenvalue weighted by Crippen LogP contribution is -2.43. The van der Waals surface area contributed by atoms with Crippen molar-refractivity contribution in [2.24, 2.45) is 0 Å². The van der Waals surface area contributed by atoms with Gasteiger partial charge in [0.05, 0.1) is 0 Å². The van der Waals surface area contributed by atoms with E-state index in [1.807, 2.05) is 6.92 Å². The number of unbranched alkanes of at least 4 members (excludes halogenated alkanes) is 1. The van der Waals surface area contributed by atoms with Crippen LogP contribution in [0.4, 0.5) is 4.39 Å². The molecule has 78 valence electrons. The van der Waals surface area contributed by atoms with Gasteiger partial charge in [-0.3, -0.25) is 0 Å². The highest BCUT2D eigenvalue weighted by Gasteiger charge is 2.39. The van der Waals surface area contributed by atoms with Gasteiger partial charge in [-0.15, -0.1) is 0 Å². The van der Waals surface area contributed by atoms with Crippen LogP contribution in [0.25, 0.3) is 0 Å². The quantitative estimate of drug-likeness (QED) is 0.674. The Kier molecular flexibility index (Phi) is 4.91. The van der Waals surface area contributed by atoms with E-state index in [0.717, 1.165) is 6.42 Å². The minimum Gasteiger partial charge on any atom is -0.479 e. The van der Waals surface area contributed by atoms with Gasteiger partial charge in [-0.05, 0) is 12.8 Å². The zero-order chi connectivity index (χ0) is 10.5. The smallest absolute Gasteiger partial charge is 0.341 e. The molecule has 0 aliphatic heterocycles. The molecule has 0 aliphatic carbocycles. The van der Waals surface area contributed by atoms with Crippen molar-refractivity contribution in [1.82, 2.24) is 0 Å². The highest BCUT2D eigenvalue weighted by molar-refractivity contribution is 5.73. The van der Waals surface area contributed by atoms with Crippen LogP contribution in [-0.4, -0.2) is 28.0 Å². The summed E-state index contributed by atoms with van der Waals surface area (Å²) in [5.74, 6) is -1.58. The molecule has 4 heteroatoms. The molecule has 0 spiro atoms. The molecule has 0 amide bonds. The monoisotopic (exact) mass is 192 g/mol. The summed E-state index contributed by atoms with van der Waals surface area (Å²) in [4.78, 5) is 10.3. The maximum atomic E-state index is 13.0. The Labute approximate surface area is 77.6 Å². The van der Waals surface area contributed by atoms with Crippen LogP contribution in [0.3, 0.4) is 0 Å². The molecule has 0 aliphatic rings. The second-order valence-electron chi connectivity index (χ2n) is 3.26. The third kappa shape index (κ3) is 3.30. The SMILES string of the molecule is CCCCC(O)(CC)C(F)C(=O)O. The Balaban J connectivity index is 4.33. The van der Waals surface area contributed by atoms with E-state index in [4.69, 9.17) is 5.11 Å². The van der Waals surface area contributed by atoms with Crippen molar-refractivity contribution >= 4 is 5.97 Å². The molecule has 0 radical (unpaired) electrons. The number of aliphatic carboxylic acids is 1. The number of rotatable bonds is 6. The Bertz CT molecular complexity index is 172. The summed E-state index contributed by atoms with van der Waals surface area (Å²) in [6, 6.07) is 0. The summed E-state index contributed by atoms with van der Waals surface area (Å²) in [7, 11) is 0. The molecule has 3 nitrogen and oxygen atoms in total. The molecule has 2 N–H and O–H groups in total. The van der Waals surface area contributed by atoms with Crippen molar-refractivity contribution in [3.05, 3.63) is 0 Å². The van der Waals surface area contributed by atoms with Crippen molar-refractivity contribution in [2.75, 3.05) is 0 Å². The zero-order valence-corrected chi connectivity index (χ0v) is 8.09. The molecule has 0 rings (SSSR count). The fourth-order valence-electron chi connectivity index (χ4n) is 1.20. The predicted molar refractivity (Wildman–Crippen MR) is 47.3 cm³/mol. The Hall–Kier alpha value is -0.640. The van der Waals surface area contributed by atoms with Gasteiger partial charge in [0.25, 0.3) is 0 Å². The molecule has 0 aromatic heterocycles. The third-order valence-corrected chi connectivity index (χ3v) is 2.26. The first-order valence-electron chi connectivity index (χ1n) is 4.57. The van der Waals surface area contributed by atoms with Crippen molar-refractivity contribution in [3.63, 3.8) is 0 Å². The lowest BCUT2D eigenvalue weighted by Gasteiger charge is -2.27. The normalized spacial score (nSPS) is 17.8. The fraction of sp³-hybridized carbons (Fsp3) is 0.889. The van der Waals surface area contributed by atoms with Gasteiger partial charge in [0.15, 0.2) is 0 Å². The van der Waals surface area contributed by atoms with Gasteiger partial charge in [0.2, 0.25) is 6.17 Å². The van der Waals surface area contributed by atoms with Crippen LogP contribution in [0.15, 0.2) is 0 Å². The van der Waals surface area contributed by atoms with Crippen LogP contribution in [0.2, 0.25) is 0 Å². The fourth-order valence-corrected chi connectivity index (χ4v) is 1.20. The molecule has 0 heterocycles. The van der Waals surface area contributed by atoms with Gasteiger partial charge < -0.3 is 10.2 Å². The molecule has 0 fully saturated rings. The number of alkyl halides is 1. The molecule has 2 atom stereocenters. The largest absolute Gasteiger partial charge is 0.479 e. The van der Waals surface area contributed by atoms with Crippen molar-refractivity contribution < 1.29 is 19.4 Å². The van der Waals surface area contributed by atoms with E-state index >= 15 is 0 Å². The van der Waals surface area contributed by atoms with Crippen molar-refractivity contribution in [1.29, 1.82) is 0 Å². The number of hydrogen-bond acceptors (Lipinski definition) is 2. The van der Waals surface area contributed by atoms with E-state index in [0.29, 0.717) is 6.42 Å². The van der Waals surface area contributed by atoms with Crippen LogP contribution in [0, 0.1) is 0 Å². The summed E-state index contributed by atoms with van der Waals surface area (Å²) in [6.07, 6.45) is -0.398. The topological polar surface area (TPSA) is 57.5 Å². The molecule has 0 aromatic carbocycles. The van der Waals surface area contributed by atoms with E-state index in [2.05, 4.69) is 0 Å². The highest BCUT2D eigenvalue weighted by atomic mass is 19.1. The summed E-state index contributed by atoms with van der Waals surface area (Å²) in [5.41, 5.74) is -1.69. The second kappa shape index (κ2) is 5.17. The van der Waals surface area contributed by atoms with Gasteiger partial charge in [0.1, 0.15) is 5.60 Å². The van der Waals surface area contributed by atoms with Gasteiger partial charge in [-0.2, -0.15) is 0 Å². The van der Waals surface area contributed by atoms with E-state index in [1.165, 1.54) is 0 Å². The first kappa shape index (κ1) is 12.4. The third-order valence-electron chi connectivity index (χ3n) is 2.26. The molecular weight excluding hydrogens is 175 g/mol. The lowest BCUT2D eigenvalue weighted by molar-refractivity contribution is -0.155. The highest BCUT2D eigenvalue weighted by Crippen LogP contribution is 2.25. The van der Waals surface area contributed by atoms with Crippen molar-refractivity contribution in [2.45, 2.75) is 51.3 Å². The summed E-state index contributed by atoms with van der Waals surface area (Å²) in [6.45, 7) is 3.50.